The summed E-state index contributed by atoms with van der Waals surface area (Å²) in [5, 5.41) is 6.13. The number of aromatic amines is 1. The van der Waals surface area contributed by atoms with Crippen molar-refractivity contribution in [2.24, 2.45) is 12.0 Å². The fourth-order valence-electron chi connectivity index (χ4n) is 3.42. The van der Waals surface area contributed by atoms with E-state index >= 15 is 0 Å². The van der Waals surface area contributed by atoms with Gasteiger partial charge >= 0.3 is 0 Å². The van der Waals surface area contributed by atoms with Crippen LogP contribution in [-0.4, -0.2) is 36.6 Å². The van der Waals surface area contributed by atoms with E-state index in [0.29, 0.717) is 11.9 Å². The molecule has 0 aromatic carbocycles. The molecule has 0 bridgehead atoms. The Morgan fingerprint density at radius 2 is 2.18 bits per heavy atom. The Morgan fingerprint density at radius 3 is 2.93 bits per heavy atom. The van der Waals surface area contributed by atoms with Crippen molar-refractivity contribution >= 4 is 38.3 Å². The van der Waals surface area contributed by atoms with Crippen LogP contribution < -0.4 is 11.1 Å². The average molecular weight is 392 g/mol. The largest absolute Gasteiger partial charge is 0.329 e. The van der Waals surface area contributed by atoms with Gasteiger partial charge in [0.25, 0.3) is 5.56 Å². The number of aryl methyl sites for hydroxylation is 1. The van der Waals surface area contributed by atoms with Crippen LogP contribution in [0.25, 0.3) is 21.3 Å². The first-order valence-corrected chi connectivity index (χ1v) is 9.63. The highest BCUT2D eigenvalue weighted by Crippen LogP contribution is 2.31. The van der Waals surface area contributed by atoms with Crippen LogP contribution in [-0.2, 0) is 20.0 Å². The molecule has 0 spiro atoms. The first-order valence-electron chi connectivity index (χ1n) is 8.81. The molecule has 1 aliphatic heterocycles. The number of hydrogen-bond donors (Lipinski definition) is 1. The van der Waals surface area contributed by atoms with E-state index in [1.165, 1.54) is 10.7 Å². The van der Waals surface area contributed by atoms with Crippen LogP contribution in [0.4, 0.5) is 0 Å². The second-order valence-electron chi connectivity index (χ2n) is 6.66. The van der Waals surface area contributed by atoms with Crippen LogP contribution in [0, 0.1) is 0 Å². The number of aliphatic imine (C=N–C) groups is 1. The second-order valence-corrected chi connectivity index (χ2v) is 7.74. The summed E-state index contributed by atoms with van der Waals surface area (Å²) in [4.78, 5) is 36.0. The number of pyridine rings is 1. The van der Waals surface area contributed by atoms with Crippen molar-refractivity contribution in [3.63, 3.8) is 0 Å². The normalized spacial score (nSPS) is 13.7. The zero-order valence-corrected chi connectivity index (χ0v) is 15.9. The number of aromatic nitrogens is 5. The lowest BCUT2D eigenvalue weighted by Crippen LogP contribution is -2.24. The first-order chi connectivity index (χ1) is 13.6. The molecule has 0 amide bonds. The fraction of sp³-hybridized carbons (Fsp3) is 0.211. The van der Waals surface area contributed by atoms with Gasteiger partial charge in [-0.15, -0.1) is 11.3 Å². The minimum Gasteiger partial charge on any atom is -0.329 e. The van der Waals surface area contributed by atoms with Crippen LogP contribution in [0.3, 0.4) is 0 Å². The van der Waals surface area contributed by atoms with E-state index in [9.17, 15) is 9.59 Å². The number of rotatable bonds is 4. The SMILES string of the molecule is Cn1c2nc(CC3=NCC=C3)sc2c2cnn(Cc3ccc(=O)[nH]c3)c(=O)c21. The molecule has 1 N–H and O–H groups in total. The molecule has 9 heteroatoms. The molecule has 140 valence electrons. The average Bonchev–Trinajstić information content (AvgIpc) is 3.39. The van der Waals surface area contributed by atoms with Gasteiger partial charge in [-0.2, -0.15) is 5.10 Å². The van der Waals surface area contributed by atoms with Gasteiger partial charge in [0.2, 0.25) is 5.56 Å². The number of thiazole rings is 1. The molecule has 0 atom stereocenters. The summed E-state index contributed by atoms with van der Waals surface area (Å²) < 4.78 is 4.21. The van der Waals surface area contributed by atoms with E-state index in [2.05, 4.69) is 15.1 Å². The predicted molar refractivity (Wildman–Crippen MR) is 109 cm³/mol. The lowest BCUT2D eigenvalue weighted by Gasteiger charge is -2.05. The molecule has 0 aliphatic carbocycles. The van der Waals surface area contributed by atoms with Gasteiger partial charge in [0.1, 0.15) is 10.5 Å². The molecule has 0 unspecified atom stereocenters. The van der Waals surface area contributed by atoms with Crippen LogP contribution in [0.2, 0.25) is 0 Å². The number of fused-ring (bicyclic) bond motifs is 3. The van der Waals surface area contributed by atoms with E-state index < -0.39 is 0 Å². The third kappa shape index (κ3) is 2.71. The summed E-state index contributed by atoms with van der Waals surface area (Å²) in [5.74, 6) is 0. The minimum atomic E-state index is -0.180. The highest BCUT2D eigenvalue weighted by molar-refractivity contribution is 7.19. The van der Waals surface area contributed by atoms with Crippen molar-refractivity contribution in [2.45, 2.75) is 13.0 Å². The second kappa shape index (κ2) is 6.38. The number of allylic oxidation sites excluding steroid dienone is 1. The van der Waals surface area contributed by atoms with E-state index in [-0.39, 0.29) is 17.7 Å². The van der Waals surface area contributed by atoms with Crippen LogP contribution in [0.5, 0.6) is 0 Å². The summed E-state index contributed by atoms with van der Waals surface area (Å²) in [7, 11) is 1.85. The Hall–Kier alpha value is -3.33. The van der Waals surface area contributed by atoms with Crippen molar-refractivity contribution in [3.05, 3.63) is 68.0 Å². The molecule has 0 radical (unpaired) electrons. The summed E-state index contributed by atoms with van der Waals surface area (Å²) in [6.07, 6.45) is 8.08. The highest BCUT2D eigenvalue weighted by atomic mass is 32.1. The van der Waals surface area contributed by atoms with E-state index in [0.717, 1.165) is 38.6 Å². The predicted octanol–water partition coefficient (Wildman–Crippen LogP) is 1.63. The smallest absolute Gasteiger partial charge is 0.291 e. The fourth-order valence-corrected chi connectivity index (χ4v) is 4.54. The van der Waals surface area contributed by atoms with Gasteiger partial charge in [-0.3, -0.25) is 14.6 Å². The molecule has 5 heterocycles. The summed E-state index contributed by atoms with van der Waals surface area (Å²) in [6, 6.07) is 3.13. The lowest BCUT2D eigenvalue weighted by atomic mass is 10.3. The molecule has 0 fully saturated rings. The monoisotopic (exact) mass is 392 g/mol. The molecular weight excluding hydrogens is 376 g/mol. The van der Waals surface area contributed by atoms with E-state index in [1.54, 1.807) is 29.8 Å². The zero-order valence-electron chi connectivity index (χ0n) is 15.0. The lowest BCUT2D eigenvalue weighted by molar-refractivity contribution is 0.642. The Balaban J connectivity index is 1.57. The maximum Gasteiger partial charge on any atom is 0.291 e. The topological polar surface area (TPSA) is 97.9 Å². The summed E-state index contributed by atoms with van der Waals surface area (Å²) >= 11 is 1.58. The van der Waals surface area contributed by atoms with Gasteiger partial charge in [-0.1, -0.05) is 12.1 Å². The molecule has 4 aromatic rings. The Bertz CT molecular complexity index is 1380. The van der Waals surface area contributed by atoms with Crippen molar-refractivity contribution in [3.8, 4) is 0 Å². The van der Waals surface area contributed by atoms with Crippen LogP contribution >= 0.6 is 11.3 Å². The molecule has 0 saturated heterocycles. The molecule has 4 aromatic heterocycles. The molecule has 8 nitrogen and oxygen atoms in total. The van der Waals surface area contributed by atoms with Crippen LogP contribution in [0.15, 0.2) is 51.3 Å². The Labute approximate surface area is 162 Å². The number of nitrogens with one attached hydrogen (secondary N) is 1. The molecule has 5 rings (SSSR count). The molecule has 28 heavy (non-hydrogen) atoms. The highest BCUT2D eigenvalue weighted by Gasteiger charge is 2.19. The Morgan fingerprint density at radius 1 is 1.29 bits per heavy atom. The van der Waals surface area contributed by atoms with Gasteiger partial charge in [-0.05, 0) is 11.6 Å². The minimum absolute atomic E-state index is 0.178. The summed E-state index contributed by atoms with van der Waals surface area (Å²) in [6.45, 7) is 1.02. The molecular formula is C19H16N6O2S. The number of nitrogens with zero attached hydrogens (tertiary/aromatic N) is 5. The van der Waals surface area contributed by atoms with E-state index in [4.69, 9.17) is 4.98 Å². The van der Waals surface area contributed by atoms with Crippen LogP contribution in [0.1, 0.15) is 10.6 Å². The summed E-state index contributed by atoms with van der Waals surface area (Å²) in [5.41, 5.74) is 2.85. The van der Waals surface area contributed by atoms with Crippen molar-refractivity contribution in [1.29, 1.82) is 0 Å². The standard InChI is InChI=1S/C19H16N6O2S/c1-24-16-13(17-18(24)23-15(28-17)7-12-3-2-6-20-12)9-22-25(19(16)27)10-11-4-5-14(26)21-8-11/h2-5,8-9H,6-7,10H2,1H3,(H,21,26). The molecule has 1 aliphatic rings. The van der Waals surface area contributed by atoms with Gasteiger partial charge < -0.3 is 9.55 Å². The van der Waals surface area contributed by atoms with Crippen molar-refractivity contribution < 1.29 is 0 Å². The van der Waals surface area contributed by atoms with Gasteiger partial charge in [-0.25, -0.2) is 9.67 Å². The third-order valence-electron chi connectivity index (χ3n) is 4.79. The Kier molecular flexibility index (Phi) is 3.83. The van der Waals surface area contributed by atoms with Gasteiger partial charge in [0.15, 0.2) is 5.65 Å². The maximum atomic E-state index is 13.0. The van der Waals surface area contributed by atoms with Gasteiger partial charge in [0, 0.05) is 36.8 Å². The third-order valence-corrected chi connectivity index (χ3v) is 5.87. The maximum absolute atomic E-state index is 13.0. The van der Waals surface area contributed by atoms with Crippen molar-refractivity contribution in [2.75, 3.05) is 6.54 Å². The number of H-pyrrole nitrogens is 1. The zero-order chi connectivity index (χ0) is 19.3. The van der Waals surface area contributed by atoms with Gasteiger partial charge in [0.05, 0.1) is 24.0 Å². The molecule has 0 saturated carbocycles. The van der Waals surface area contributed by atoms with Crippen molar-refractivity contribution in [1.82, 2.24) is 24.3 Å². The quantitative estimate of drug-likeness (QED) is 0.571. The first kappa shape index (κ1) is 16.8. The van der Waals surface area contributed by atoms with E-state index in [1.807, 2.05) is 23.8 Å². The number of hydrogen-bond acceptors (Lipinski definition) is 6.